The fraction of sp³-hybridized carbons (Fsp3) is 0.417. The highest BCUT2D eigenvalue weighted by molar-refractivity contribution is 5.62. The number of nitro groups is 1. The first-order chi connectivity index (χ1) is 8.19. The summed E-state index contributed by atoms with van der Waals surface area (Å²) >= 11 is 0. The Morgan fingerprint density at radius 3 is 2.50 bits per heavy atom. The van der Waals surface area contributed by atoms with E-state index in [4.69, 9.17) is 5.11 Å². The molecule has 1 N–H and O–H groups in total. The summed E-state index contributed by atoms with van der Waals surface area (Å²) < 4.78 is 4.62. The third-order valence-electron chi connectivity index (χ3n) is 2.17. The van der Waals surface area contributed by atoms with Crippen molar-refractivity contribution in [2.45, 2.75) is 27.2 Å². The predicted molar refractivity (Wildman–Crippen MR) is 64.9 cm³/mol. The summed E-state index contributed by atoms with van der Waals surface area (Å²) in [5.41, 5.74) is 0.303. The van der Waals surface area contributed by atoms with E-state index >= 15 is 0 Å². The van der Waals surface area contributed by atoms with Crippen molar-refractivity contribution >= 4 is 11.8 Å². The van der Waals surface area contributed by atoms with E-state index < -0.39 is 11.1 Å². The molecule has 0 fully saturated rings. The number of non-ortho nitro benzene ring substituents is 1. The van der Waals surface area contributed by atoms with Crippen LogP contribution in [0.1, 0.15) is 26.3 Å². The van der Waals surface area contributed by atoms with Crippen LogP contribution in [0.5, 0.6) is 5.75 Å². The molecule has 0 atom stereocenters. The average molecular weight is 253 g/mol. The molecule has 0 unspecified atom stereocenters. The van der Waals surface area contributed by atoms with Crippen LogP contribution in [0.15, 0.2) is 18.2 Å². The molecule has 0 aliphatic rings. The van der Waals surface area contributed by atoms with Gasteiger partial charge in [0.05, 0.1) is 4.92 Å². The van der Waals surface area contributed by atoms with E-state index in [1.165, 1.54) is 18.2 Å². The second kappa shape index (κ2) is 5.03. The van der Waals surface area contributed by atoms with Gasteiger partial charge in [-0.25, -0.2) is 4.79 Å². The van der Waals surface area contributed by atoms with E-state index in [1.54, 1.807) is 0 Å². The number of carbonyl (C=O) groups is 1. The Kier molecular flexibility index (Phi) is 3.90. The van der Waals surface area contributed by atoms with Gasteiger partial charge >= 0.3 is 6.16 Å². The SMILES string of the molecule is CC(C)(C)Cc1cc([N+](=O)[O-])ccc1OC(=O)O. The van der Waals surface area contributed by atoms with Gasteiger partial charge in [0.1, 0.15) is 5.75 Å². The topological polar surface area (TPSA) is 89.7 Å². The van der Waals surface area contributed by atoms with Gasteiger partial charge in [-0.3, -0.25) is 10.1 Å². The van der Waals surface area contributed by atoms with E-state index in [0.717, 1.165) is 0 Å². The molecule has 0 spiro atoms. The van der Waals surface area contributed by atoms with Crippen molar-refractivity contribution in [2.75, 3.05) is 0 Å². The summed E-state index contributed by atoms with van der Waals surface area (Å²) in [6.45, 7) is 5.86. The highest BCUT2D eigenvalue weighted by atomic mass is 16.7. The van der Waals surface area contributed by atoms with Gasteiger partial charge in [-0.05, 0) is 17.9 Å². The molecule has 1 aromatic rings. The fourth-order valence-electron chi connectivity index (χ4n) is 1.58. The highest BCUT2D eigenvalue weighted by Crippen LogP contribution is 2.30. The Labute approximate surface area is 104 Å². The van der Waals surface area contributed by atoms with Crippen LogP contribution >= 0.6 is 0 Å². The van der Waals surface area contributed by atoms with Crippen LogP contribution in [0.25, 0.3) is 0 Å². The zero-order chi connectivity index (χ0) is 13.9. The molecular weight excluding hydrogens is 238 g/mol. The number of nitrogens with zero attached hydrogens (tertiary/aromatic N) is 1. The lowest BCUT2D eigenvalue weighted by atomic mass is 9.87. The summed E-state index contributed by atoms with van der Waals surface area (Å²) in [6.07, 6.45) is -0.948. The van der Waals surface area contributed by atoms with E-state index in [0.29, 0.717) is 12.0 Å². The van der Waals surface area contributed by atoms with Crippen LogP contribution in [0.2, 0.25) is 0 Å². The van der Waals surface area contributed by atoms with Crippen molar-refractivity contribution in [3.63, 3.8) is 0 Å². The molecule has 98 valence electrons. The lowest BCUT2D eigenvalue weighted by molar-refractivity contribution is -0.384. The third kappa shape index (κ3) is 4.04. The number of nitro benzene ring substituents is 1. The van der Waals surface area contributed by atoms with Crippen LogP contribution in [-0.2, 0) is 6.42 Å². The number of hydrogen-bond donors (Lipinski definition) is 1. The van der Waals surface area contributed by atoms with Crippen molar-refractivity contribution in [2.24, 2.45) is 5.41 Å². The molecule has 0 aliphatic carbocycles. The van der Waals surface area contributed by atoms with Gasteiger partial charge in [-0.1, -0.05) is 20.8 Å². The van der Waals surface area contributed by atoms with E-state index in [1.807, 2.05) is 20.8 Å². The quantitative estimate of drug-likeness (QED) is 0.386. The van der Waals surface area contributed by atoms with Gasteiger partial charge in [0.2, 0.25) is 0 Å². The number of hydrogen-bond acceptors (Lipinski definition) is 4. The standard InChI is InChI=1S/C12H15NO5/c1-12(2,3)7-8-6-9(13(16)17)4-5-10(8)18-11(14)15/h4-6H,7H2,1-3H3,(H,14,15). The van der Waals surface area contributed by atoms with Crippen LogP contribution in [0.4, 0.5) is 10.5 Å². The van der Waals surface area contributed by atoms with Crippen molar-refractivity contribution in [1.29, 1.82) is 0 Å². The second-order valence-corrected chi connectivity index (χ2v) is 5.15. The van der Waals surface area contributed by atoms with Gasteiger partial charge in [0, 0.05) is 17.7 Å². The summed E-state index contributed by atoms with van der Waals surface area (Å²) in [6, 6.07) is 3.89. The minimum atomic E-state index is -1.43. The van der Waals surface area contributed by atoms with Gasteiger partial charge in [0.25, 0.3) is 5.69 Å². The van der Waals surface area contributed by atoms with E-state index in [9.17, 15) is 14.9 Å². The summed E-state index contributed by atoms with van der Waals surface area (Å²) in [7, 11) is 0. The van der Waals surface area contributed by atoms with Crippen molar-refractivity contribution in [1.82, 2.24) is 0 Å². The molecule has 0 aliphatic heterocycles. The normalized spacial score (nSPS) is 11.1. The van der Waals surface area contributed by atoms with Gasteiger partial charge in [-0.15, -0.1) is 0 Å². The van der Waals surface area contributed by atoms with Gasteiger partial charge < -0.3 is 9.84 Å². The highest BCUT2D eigenvalue weighted by Gasteiger charge is 2.19. The molecular formula is C12H15NO5. The van der Waals surface area contributed by atoms with Gasteiger partial charge in [-0.2, -0.15) is 0 Å². The number of ether oxygens (including phenoxy) is 1. The Morgan fingerprint density at radius 1 is 1.44 bits per heavy atom. The lowest BCUT2D eigenvalue weighted by Crippen LogP contribution is -2.12. The van der Waals surface area contributed by atoms with Crippen molar-refractivity contribution < 1.29 is 19.6 Å². The minimum absolute atomic E-state index is 0.0769. The lowest BCUT2D eigenvalue weighted by Gasteiger charge is -2.19. The fourth-order valence-corrected chi connectivity index (χ4v) is 1.58. The minimum Gasteiger partial charge on any atom is -0.449 e. The van der Waals surface area contributed by atoms with Crippen molar-refractivity contribution in [3.8, 4) is 5.75 Å². The average Bonchev–Trinajstić information content (AvgIpc) is 2.17. The maximum Gasteiger partial charge on any atom is 0.511 e. The Hall–Kier alpha value is -2.11. The zero-order valence-electron chi connectivity index (χ0n) is 10.5. The molecule has 0 saturated carbocycles. The molecule has 6 heteroatoms. The number of rotatable bonds is 3. The van der Waals surface area contributed by atoms with E-state index in [-0.39, 0.29) is 16.9 Å². The third-order valence-corrected chi connectivity index (χ3v) is 2.17. The summed E-state index contributed by atoms with van der Waals surface area (Å²) in [5, 5.41) is 19.3. The van der Waals surface area contributed by atoms with E-state index in [2.05, 4.69) is 4.74 Å². The molecule has 6 nitrogen and oxygen atoms in total. The monoisotopic (exact) mass is 253 g/mol. The second-order valence-electron chi connectivity index (χ2n) is 5.15. The van der Waals surface area contributed by atoms with Crippen LogP contribution < -0.4 is 4.74 Å². The largest absolute Gasteiger partial charge is 0.511 e. The molecule has 0 radical (unpaired) electrons. The number of benzene rings is 1. The Morgan fingerprint density at radius 2 is 2.06 bits per heavy atom. The smallest absolute Gasteiger partial charge is 0.449 e. The van der Waals surface area contributed by atoms with Crippen LogP contribution in [-0.4, -0.2) is 16.2 Å². The first kappa shape index (κ1) is 14.0. The Bertz CT molecular complexity index is 476. The molecule has 18 heavy (non-hydrogen) atoms. The van der Waals surface area contributed by atoms with Crippen LogP contribution in [0.3, 0.4) is 0 Å². The molecule has 1 aromatic carbocycles. The Balaban J connectivity index is 3.17. The van der Waals surface area contributed by atoms with Crippen LogP contribution in [0, 0.1) is 15.5 Å². The maximum atomic E-state index is 10.7. The predicted octanol–water partition coefficient (Wildman–Crippen LogP) is 3.24. The molecule has 0 bridgehead atoms. The molecule has 0 aromatic heterocycles. The first-order valence-electron chi connectivity index (χ1n) is 5.37. The molecule has 1 rings (SSSR count). The van der Waals surface area contributed by atoms with Gasteiger partial charge in [0.15, 0.2) is 0 Å². The maximum absolute atomic E-state index is 10.7. The molecule has 0 heterocycles. The molecule has 0 saturated heterocycles. The zero-order valence-corrected chi connectivity index (χ0v) is 10.5. The summed E-state index contributed by atoms with van der Waals surface area (Å²) in [5.74, 6) is 0.142. The molecule has 0 amide bonds. The van der Waals surface area contributed by atoms with Crippen molar-refractivity contribution in [3.05, 3.63) is 33.9 Å². The first-order valence-corrected chi connectivity index (χ1v) is 5.37. The summed E-state index contributed by atoms with van der Waals surface area (Å²) in [4.78, 5) is 20.7. The number of carboxylic acid groups (broad SMARTS) is 1.